The fourth-order valence-electron chi connectivity index (χ4n) is 3.03. The summed E-state index contributed by atoms with van der Waals surface area (Å²) >= 11 is 1.11. The third kappa shape index (κ3) is 3.94. The summed E-state index contributed by atoms with van der Waals surface area (Å²) in [5.74, 6) is -1.26. The monoisotopic (exact) mass is 458 g/mol. The molecule has 4 rings (SSSR count). The Bertz CT molecular complexity index is 1390. The number of thioether (sulfide) groups is 1. The first kappa shape index (κ1) is 21.5. The number of rotatable bonds is 7. The van der Waals surface area contributed by atoms with E-state index in [2.05, 4.69) is 10.2 Å². The molecule has 4 aromatic rings. The first-order valence-corrected chi connectivity index (χ1v) is 10.2. The van der Waals surface area contributed by atoms with Crippen molar-refractivity contribution in [3.8, 4) is 17.2 Å². The van der Waals surface area contributed by atoms with Crippen LogP contribution in [-0.2, 0) is 0 Å². The van der Waals surface area contributed by atoms with Crippen LogP contribution in [0.25, 0.3) is 11.3 Å². The van der Waals surface area contributed by atoms with E-state index in [4.69, 9.17) is 9.47 Å². The Hall–Kier alpha value is -3.73. The predicted octanol–water partition coefficient (Wildman–Crippen LogP) is 3.15. The average molecular weight is 458 g/mol. The largest absolute Gasteiger partial charge is 0.493 e. The molecule has 8 nitrogen and oxygen atoms in total. The van der Waals surface area contributed by atoms with Crippen LogP contribution in [0.1, 0.15) is 10.4 Å². The van der Waals surface area contributed by atoms with Crippen LogP contribution in [0.5, 0.6) is 11.5 Å². The molecule has 0 unspecified atom stereocenters. The standard InChI is InChI=1S/C21H16F2N4O4S/c1-30-17-6-3-12(9-18(17)31-2)16(28)11-32-21-25-24-19-20(29)26(7-8-27(19)21)13-4-5-14(22)15(23)10-13/h3-10H,11H2,1-2H3. The molecule has 0 bridgehead atoms. The number of benzene rings is 2. The second-order valence-corrected chi connectivity index (χ2v) is 7.47. The number of methoxy groups -OCH3 is 2. The van der Waals surface area contributed by atoms with Gasteiger partial charge in [0.2, 0.25) is 5.65 Å². The van der Waals surface area contributed by atoms with Gasteiger partial charge in [0.05, 0.1) is 25.7 Å². The summed E-state index contributed by atoms with van der Waals surface area (Å²) in [5, 5.41) is 8.21. The number of hydrogen-bond donors (Lipinski definition) is 0. The van der Waals surface area contributed by atoms with Gasteiger partial charge in [-0.1, -0.05) is 11.8 Å². The highest BCUT2D eigenvalue weighted by molar-refractivity contribution is 7.99. The molecule has 0 saturated heterocycles. The lowest BCUT2D eigenvalue weighted by Crippen LogP contribution is -2.20. The van der Waals surface area contributed by atoms with Crippen LogP contribution in [0.3, 0.4) is 0 Å². The lowest BCUT2D eigenvalue weighted by Gasteiger charge is -2.09. The second-order valence-electron chi connectivity index (χ2n) is 6.53. The Kier molecular flexibility index (Phi) is 5.91. The van der Waals surface area contributed by atoms with Gasteiger partial charge < -0.3 is 9.47 Å². The number of carbonyl (C=O) groups excluding carboxylic acids is 1. The molecule has 0 saturated carbocycles. The maximum absolute atomic E-state index is 13.5. The third-order valence-electron chi connectivity index (χ3n) is 4.66. The minimum Gasteiger partial charge on any atom is -0.493 e. The van der Waals surface area contributed by atoms with Crippen LogP contribution >= 0.6 is 11.8 Å². The zero-order chi connectivity index (χ0) is 22.8. The molecule has 0 N–H and O–H groups in total. The Balaban J connectivity index is 1.57. The van der Waals surface area contributed by atoms with E-state index in [1.807, 2.05) is 0 Å². The van der Waals surface area contributed by atoms with Crippen LogP contribution in [-0.4, -0.2) is 44.9 Å². The van der Waals surface area contributed by atoms with Crippen molar-refractivity contribution < 1.29 is 23.0 Å². The Morgan fingerprint density at radius 3 is 2.50 bits per heavy atom. The molecule has 0 aliphatic heterocycles. The smallest absolute Gasteiger partial charge is 0.300 e. The van der Waals surface area contributed by atoms with Crippen LogP contribution < -0.4 is 15.0 Å². The molecule has 0 amide bonds. The number of hydrogen-bond acceptors (Lipinski definition) is 7. The first-order valence-electron chi connectivity index (χ1n) is 9.22. The van der Waals surface area contributed by atoms with Gasteiger partial charge in [0.1, 0.15) is 0 Å². The average Bonchev–Trinajstić information content (AvgIpc) is 3.23. The Labute approximate surface area is 184 Å². The summed E-state index contributed by atoms with van der Waals surface area (Å²) in [7, 11) is 2.99. The van der Waals surface area contributed by atoms with Crippen molar-refractivity contribution in [3.63, 3.8) is 0 Å². The van der Waals surface area contributed by atoms with E-state index in [1.54, 1.807) is 18.2 Å². The fourth-order valence-corrected chi connectivity index (χ4v) is 3.84. The Morgan fingerprint density at radius 1 is 1.00 bits per heavy atom. The lowest BCUT2D eigenvalue weighted by molar-refractivity contribution is 0.102. The molecular weight excluding hydrogens is 442 g/mol. The highest BCUT2D eigenvalue weighted by Gasteiger charge is 2.16. The Morgan fingerprint density at radius 2 is 1.78 bits per heavy atom. The summed E-state index contributed by atoms with van der Waals surface area (Å²) < 4.78 is 39.7. The number of nitrogens with zero attached hydrogens (tertiary/aromatic N) is 4. The maximum Gasteiger partial charge on any atom is 0.300 e. The third-order valence-corrected chi connectivity index (χ3v) is 5.60. The summed E-state index contributed by atoms with van der Waals surface area (Å²) in [6.45, 7) is 0. The van der Waals surface area contributed by atoms with Crippen molar-refractivity contribution in [2.45, 2.75) is 5.16 Å². The number of fused-ring (bicyclic) bond motifs is 1. The molecule has 2 aromatic heterocycles. The van der Waals surface area contributed by atoms with E-state index in [-0.39, 0.29) is 22.9 Å². The molecular formula is C21H16F2N4O4S. The van der Waals surface area contributed by atoms with Gasteiger partial charge in [-0.3, -0.25) is 18.6 Å². The highest BCUT2D eigenvalue weighted by Crippen LogP contribution is 2.28. The summed E-state index contributed by atoms with van der Waals surface area (Å²) in [6, 6.07) is 8.00. The molecule has 32 heavy (non-hydrogen) atoms. The van der Waals surface area contributed by atoms with Crippen LogP contribution in [0, 0.1) is 11.6 Å². The maximum atomic E-state index is 13.5. The van der Waals surface area contributed by atoms with Gasteiger partial charge in [-0.25, -0.2) is 8.78 Å². The number of halogens is 2. The summed E-state index contributed by atoms with van der Waals surface area (Å²) in [4.78, 5) is 25.4. The fraction of sp³-hybridized carbons (Fsp3) is 0.143. The van der Waals surface area contributed by atoms with Crippen molar-refractivity contribution in [2.75, 3.05) is 20.0 Å². The topological polar surface area (TPSA) is 87.7 Å². The zero-order valence-electron chi connectivity index (χ0n) is 16.9. The van der Waals surface area contributed by atoms with E-state index in [9.17, 15) is 18.4 Å². The van der Waals surface area contributed by atoms with Gasteiger partial charge in [0.25, 0.3) is 0 Å². The molecule has 2 heterocycles. The van der Waals surface area contributed by atoms with Crippen molar-refractivity contribution in [1.29, 1.82) is 0 Å². The molecule has 164 valence electrons. The molecule has 2 aromatic carbocycles. The number of aromatic nitrogens is 4. The van der Waals surface area contributed by atoms with E-state index < -0.39 is 17.2 Å². The predicted molar refractivity (Wildman–Crippen MR) is 113 cm³/mol. The minimum absolute atomic E-state index is 0.0155. The van der Waals surface area contributed by atoms with Gasteiger partial charge in [-0.15, -0.1) is 10.2 Å². The van der Waals surface area contributed by atoms with Crippen LogP contribution in [0.15, 0.2) is 58.7 Å². The van der Waals surface area contributed by atoms with E-state index >= 15 is 0 Å². The highest BCUT2D eigenvalue weighted by atomic mass is 32.2. The molecule has 0 fully saturated rings. The van der Waals surface area contributed by atoms with Gasteiger partial charge in [-0.05, 0) is 30.3 Å². The van der Waals surface area contributed by atoms with Crippen LogP contribution in [0.2, 0.25) is 0 Å². The lowest BCUT2D eigenvalue weighted by atomic mass is 10.1. The molecule has 0 aliphatic rings. The van der Waals surface area contributed by atoms with Crippen LogP contribution in [0.4, 0.5) is 8.78 Å². The van der Waals surface area contributed by atoms with Crippen molar-refractivity contribution >= 4 is 23.2 Å². The normalized spacial score (nSPS) is 11.0. The molecule has 0 spiro atoms. The number of carbonyl (C=O) groups is 1. The van der Waals surface area contributed by atoms with Gasteiger partial charge >= 0.3 is 5.56 Å². The number of ether oxygens (including phenoxy) is 2. The summed E-state index contributed by atoms with van der Waals surface area (Å²) in [6.07, 6.45) is 2.91. The van der Waals surface area contributed by atoms with Crippen molar-refractivity contribution in [3.05, 3.63) is 76.3 Å². The van der Waals surface area contributed by atoms with Crippen molar-refractivity contribution in [1.82, 2.24) is 19.2 Å². The van der Waals surface area contributed by atoms with E-state index in [1.165, 1.54) is 37.1 Å². The number of ketones is 1. The van der Waals surface area contributed by atoms with Gasteiger partial charge in [-0.2, -0.15) is 0 Å². The molecule has 0 atom stereocenters. The molecule has 11 heteroatoms. The first-order chi connectivity index (χ1) is 15.4. The zero-order valence-corrected chi connectivity index (χ0v) is 17.7. The van der Waals surface area contributed by atoms with Gasteiger partial charge in [0.15, 0.2) is 34.1 Å². The van der Waals surface area contributed by atoms with Gasteiger partial charge in [0, 0.05) is 24.0 Å². The minimum atomic E-state index is -1.07. The number of Topliss-reactive ketones (excluding diaryl/α,β-unsaturated/α-hetero) is 1. The van der Waals surface area contributed by atoms with E-state index in [0.29, 0.717) is 22.2 Å². The SMILES string of the molecule is COc1ccc(C(=O)CSc2nnc3c(=O)n(-c4ccc(F)c(F)c4)ccn23)cc1OC. The summed E-state index contributed by atoms with van der Waals surface area (Å²) in [5.41, 5.74) is 0.00395. The molecule has 0 radical (unpaired) electrons. The second kappa shape index (κ2) is 8.79. The van der Waals surface area contributed by atoms with Crippen molar-refractivity contribution in [2.24, 2.45) is 0 Å². The van der Waals surface area contributed by atoms with E-state index in [0.717, 1.165) is 28.5 Å². The molecule has 0 aliphatic carbocycles. The quantitative estimate of drug-likeness (QED) is 0.311.